The van der Waals surface area contributed by atoms with E-state index in [4.69, 9.17) is 14.6 Å². The number of alkyl carbamates (subject to hydrolysis) is 1. The summed E-state index contributed by atoms with van der Waals surface area (Å²) in [7, 11) is 0. The van der Waals surface area contributed by atoms with Crippen LogP contribution in [-0.2, 0) is 19.0 Å². The highest BCUT2D eigenvalue weighted by molar-refractivity contribution is 5.68. The highest BCUT2D eigenvalue weighted by atomic mass is 16.6. The topological polar surface area (TPSA) is 114 Å². The molecule has 0 aliphatic rings. The molecule has 0 aliphatic heterocycles. The van der Waals surface area contributed by atoms with Crippen LogP contribution in [0.25, 0.3) is 0 Å². The summed E-state index contributed by atoms with van der Waals surface area (Å²) in [6.45, 7) is 5.15. The van der Waals surface area contributed by atoms with Crippen LogP contribution in [0, 0.1) is 0 Å². The maximum atomic E-state index is 11.2. The molecule has 0 heterocycles. The Morgan fingerprint density at radius 2 is 1.80 bits per heavy atom. The average Bonchev–Trinajstić information content (AvgIpc) is 2.25. The molecule has 0 aromatic heterocycles. The number of rotatable bonds is 9. The van der Waals surface area contributed by atoms with Gasteiger partial charge in [0.1, 0.15) is 18.3 Å². The first-order valence-electron chi connectivity index (χ1n) is 6.23. The van der Waals surface area contributed by atoms with Gasteiger partial charge in [0.25, 0.3) is 0 Å². The maximum absolute atomic E-state index is 11.2. The van der Waals surface area contributed by atoms with Crippen molar-refractivity contribution in [3.8, 4) is 0 Å². The molecule has 0 radical (unpaired) electrons. The minimum Gasteiger partial charge on any atom is -0.480 e. The van der Waals surface area contributed by atoms with Crippen molar-refractivity contribution in [3.63, 3.8) is 0 Å². The van der Waals surface area contributed by atoms with Crippen LogP contribution in [-0.4, -0.2) is 67.0 Å². The van der Waals surface area contributed by atoms with E-state index in [1.807, 2.05) is 0 Å². The lowest BCUT2D eigenvalue weighted by atomic mass is 10.2. The predicted molar refractivity (Wildman–Crippen MR) is 69.5 cm³/mol. The normalized spacial score (nSPS) is 12.8. The van der Waals surface area contributed by atoms with Gasteiger partial charge in [-0.2, -0.15) is 0 Å². The van der Waals surface area contributed by atoms with Crippen molar-refractivity contribution < 1.29 is 34.0 Å². The summed E-state index contributed by atoms with van der Waals surface area (Å²) < 4.78 is 14.8. The van der Waals surface area contributed by atoms with Crippen LogP contribution in [0.1, 0.15) is 20.8 Å². The molecule has 0 aromatic carbocycles. The van der Waals surface area contributed by atoms with Crippen LogP contribution in [0.5, 0.6) is 0 Å². The summed E-state index contributed by atoms with van der Waals surface area (Å²) in [6.07, 6.45) is -1.44. The average molecular weight is 293 g/mol. The molecule has 0 aromatic rings. The number of nitrogens with one attached hydrogen (secondary N) is 1. The largest absolute Gasteiger partial charge is 0.480 e. The molecule has 0 spiro atoms. The Bertz CT molecular complexity index is 301. The highest BCUT2D eigenvalue weighted by Gasteiger charge is 2.15. The molecule has 0 saturated heterocycles. The summed E-state index contributed by atoms with van der Waals surface area (Å²) in [5.41, 5.74) is -0.553. The van der Waals surface area contributed by atoms with E-state index in [0.29, 0.717) is 0 Å². The Labute approximate surface area is 118 Å². The van der Waals surface area contributed by atoms with Crippen molar-refractivity contribution in [2.45, 2.75) is 32.5 Å². The van der Waals surface area contributed by atoms with Gasteiger partial charge in [0.05, 0.1) is 19.8 Å². The molecule has 20 heavy (non-hydrogen) atoms. The van der Waals surface area contributed by atoms with Gasteiger partial charge < -0.3 is 29.7 Å². The Morgan fingerprint density at radius 1 is 1.20 bits per heavy atom. The third-order valence-electron chi connectivity index (χ3n) is 1.76. The van der Waals surface area contributed by atoms with E-state index in [1.54, 1.807) is 20.8 Å². The molecule has 0 saturated carbocycles. The number of aliphatic hydroxyl groups excluding tert-OH is 1. The van der Waals surface area contributed by atoms with E-state index < -0.39 is 30.4 Å². The van der Waals surface area contributed by atoms with Crippen LogP contribution < -0.4 is 5.32 Å². The molecule has 1 unspecified atom stereocenters. The van der Waals surface area contributed by atoms with Crippen molar-refractivity contribution in [2.75, 3.05) is 33.0 Å². The van der Waals surface area contributed by atoms with Gasteiger partial charge in [0, 0.05) is 6.54 Å². The fraction of sp³-hybridized carbons (Fsp3) is 0.833. The van der Waals surface area contributed by atoms with Crippen LogP contribution in [0.15, 0.2) is 0 Å². The first-order valence-corrected chi connectivity index (χ1v) is 6.23. The van der Waals surface area contributed by atoms with E-state index in [-0.39, 0.29) is 26.4 Å². The van der Waals surface area contributed by atoms with Gasteiger partial charge in [0.15, 0.2) is 0 Å². The quantitative estimate of drug-likeness (QED) is 0.512. The van der Waals surface area contributed by atoms with Gasteiger partial charge in [-0.1, -0.05) is 0 Å². The number of carbonyl (C=O) groups is 2. The zero-order valence-corrected chi connectivity index (χ0v) is 12.0. The Morgan fingerprint density at radius 3 is 2.35 bits per heavy atom. The smallest absolute Gasteiger partial charge is 0.407 e. The van der Waals surface area contributed by atoms with Gasteiger partial charge in [-0.3, -0.25) is 0 Å². The standard InChI is InChI=1S/C12H23NO7/c1-12(2,3)20-11(17)13-4-5-18-6-9(14)7-19-8-10(15)16/h9,14H,4-8H2,1-3H3,(H,13,17)(H,15,16). The fourth-order valence-corrected chi connectivity index (χ4v) is 1.09. The van der Waals surface area contributed by atoms with Crippen molar-refractivity contribution in [2.24, 2.45) is 0 Å². The van der Waals surface area contributed by atoms with Crippen molar-refractivity contribution in [1.82, 2.24) is 5.32 Å². The van der Waals surface area contributed by atoms with Crippen molar-refractivity contribution in [3.05, 3.63) is 0 Å². The SMILES string of the molecule is CC(C)(C)OC(=O)NCCOCC(O)COCC(=O)O. The predicted octanol–water partition coefficient (Wildman–Crippen LogP) is -0.0102. The summed E-state index contributed by atoms with van der Waals surface area (Å²) in [6, 6.07) is 0. The Kier molecular flexibility index (Phi) is 8.86. The molecule has 0 rings (SSSR count). The number of ether oxygens (including phenoxy) is 3. The lowest BCUT2D eigenvalue weighted by Crippen LogP contribution is -2.34. The number of amides is 1. The number of aliphatic carboxylic acids is 1. The van der Waals surface area contributed by atoms with Crippen LogP contribution in [0.3, 0.4) is 0 Å². The summed E-state index contributed by atoms with van der Waals surface area (Å²) >= 11 is 0. The van der Waals surface area contributed by atoms with E-state index >= 15 is 0 Å². The Balaban J connectivity index is 3.47. The minimum absolute atomic E-state index is 0.00435. The van der Waals surface area contributed by atoms with Crippen molar-refractivity contribution >= 4 is 12.1 Å². The zero-order chi connectivity index (χ0) is 15.6. The Hall–Kier alpha value is -1.38. The molecule has 0 fully saturated rings. The van der Waals surface area contributed by atoms with Crippen LogP contribution in [0.2, 0.25) is 0 Å². The second-order valence-corrected chi connectivity index (χ2v) is 5.07. The van der Waals surface area contributed by atoms with E-state index in [0.717, 1.165) is 0 Å². The minimum atomic E-state index is -1.10. The van der Waals surface area contributed by atoms with Gasteiger partial charge in [-0.05, 0) is 20.8 Å². The molecule has 0 bridgehead atoms. The van der Waals surface area contributed by atoms with Gasteiger partial charge in [0.2, 0.25) is 0 Å². The molecule has 8 nitrogen and oxygen atoms in total. The lowest BCUT2D eigenvalue weighted by Gasteiger charge is -2.19. The van der Waals surface area contributed by atoms with E-state index in [1.165, 1.54) is 0 Å². The first kappa shape index (κ1) is 18.6. The third-order valence-corrected chi connectivity index (χ3v) is 1.76. The van der Waals surface area contributed by atoms with Gasteiger partial charge in [-0.25, -0.2) is 9.59 Å². The summed E-state index contributed by atoms with van der Waals surface area (Å²) in [4.78, 5) is 21.4. The molecule has 0 aliphatic carbocycles. The second kappa shape index (κ2) is 9.51. The highest BCUT2D eigenvalue weighted by Crippen LogP contribution is 2.05. The second-order valence-electron chi connectivity index (χ2n) is 5.07. The van der Waals surface area contributed by atoms with E-state index in [9.17, 15) is 14.7 Å². The lowest BCUT2D eigenvalue weighted by molar-refractivity contribution is -0.143. The van der Waals surface area contributed by atoms with Gasteiger partial charge >= 0.3 is 12.1 Å². The monoisotopic (exact) mass is 293 g/mol. The molecule has 1 atom stereocenters. The van der Waals surface area contributed by atoms with Crippen molar-refractivity contribution in [1.29, 1.82) is 0 Å². The van der Waals surface area contributed by atoms with Crippen LogP contribution >= 0.6 is 0 Å². The molecular weight excluding hydrogens is 270 g/mol. The number of carbonyl (C=O) groups excluding carboxylic acids is 1. The number of hydrogen-bond donors (Lipinski definition) is 3. The fourth-order valence-electron chi connectivity index (χ4n) is 1.09. The summed E-state index contributed by atoms with van der Waals surface area (Å²) in [5.74, 6) is -1.10. The number of carboxylic acids is 1. The van der Waals surface area contributed by atoms with Gasteiger partial charge in [-0.15, -0.1) is 0 Å². The number of aliphatic hydroxyl groups is 1. The third kappa shape index (κ3) is 13.1. The molecule has 3 N–H and O–H groups in total. The molecular formula is C12H23NO7. The number of carboxylic acid groups (broad SMARTS) is 1. The molecule has 1 amide bonds. The maximum Gasteiger partial charge on any atom is 0.407 e. The molecule has 118 valence electrons. The van der Waals surface area contributed by atoms with Crippen LogP contribution in [0.4, 0.5) is 4.79 Å². The molecule has 8 heteroatoms. The first-order chi connectivity index (χ1) is 9.20. The summed E-state index contributed by atoms with van der Waals surface area (Å²) in [5, 5.41) is 20.2. The number of hydrogen-bond acceptors (Lipinski definition) is 6. The van der Waals surface area contributed by atoms with E-state index in [2.05, 4.69) is 10.1 Å². The zero-order valence-electron chi connectivity index (χ0n) is 12.0.